The highest BCUT2D eigenvalue weighted by Gasteiger charge is 2.52. The van der Waals surface area contributed by atoms with Gasteiger partial charge in [-0.3, -0.25) is 0 Å². The van der Waals surface area contributed by atoms with Crippen LogP contribution in [0.15, 0.2) is 48.5 Å². The molecular formula is C36H46BNO2S. The van der Waals surface area contributed by atoms with Crippen molar-refractivity contribution in [2.75, 3.05) is 5.32 Å². The molecule has 1 aliphatic carbocycles. The number of nitrogens with one attached hydrogen (secondary N) is 1. The average molecular weight is 568 g/mol. The monoisotopic (exact) mass is 567 g/mol. The molecule has 3 aromatic carbocycles. The molecule has 0 radical (unpaired) electrons. The molecule has 1 N–H and O–H groups in total. The van der Waals surface area contributed by atoms with Gasteiger partial charge in [0.25, 0.3) is 0 Å². The topological polar surface area (TPSA) is 30.5 Å². The third-order valence-corrected chi connectivity index (χ3v) is 11.3. The fourth-order valence-electron chi connectivity index (χ4n) is 6.38. The van der Waals surface area contributed by atoms with Gasteiger partial charge in [-0.05, 0) is 110 Å². The molecule has 1 aromatic heterocycles. The van der Waals surface area contributed by atoms with E-state index in [4.69, 9.17) is 9.31 Å². The van der Waals surface area contributed by atoms with Crippen LogP contribution in [0.2, 0.25) is 0 Å². The first-order valence-corrected chi connectivity index (χ1v) is 16.0. The van der Waals surface area contributed by atoms with Crippen LogP contribution in [-0.4, -0.2) is 18.3 Å². The quantitative estimate of drug-likeness (QED) is 0.250. The van der Waals surface area contributed by atoms with Crippen LogP contribution >= 0.6 is 11.3 Å². The van der Waals surface area contributed by atoms with E-state index < -0.39 is 18.3 Å². The summed E-state index contributed by atoms with van der Waals surface area (Å²) in [6, 6.07) is 18.5. The molecule has 2 aliphatic rings. The van der Waals surface area contributed by atoms with E-state index in [1.807, 2.05) is 11.3 Å². The summed E-state index contributed by atoms with van der Waals surface area (Å²) in [5.74, 6) is 0. The lowest BCUT2D eigenvalue weighted by molar-refractivity contribution is 0.00578. The lowest BCUT2D eigenvalue weighted by atomic mass is 9.63. The molecule has 1 fully saturated rings. The van der Waals surface area contributed by atoms with Gasteiger partial charge < -0.3 is 14.6 Å². The third kappa shape index (κ3) is 4.82. The van der Waals surface area contributed by atoms with Gasteiger partial charge in [0.1, 0.15) is 0 Å². The fourth-order valence-corrected chi connectivity index (χ4v) is 7.54. The van der Waals surface area contributed by atoms with Gasteiger partial charge in [-0.15, -0.1) is 11.3 Å². The fraction of sp³-hybridized carbons (Fsp3) is 0.500. The van der Waals surface area contributed by atoms with Crippen LogP contribution in [0.25, 0.3) is 20.2 Å². The minimum atomic E-state index is -0.447. The molecule has 0 saturated carbocycles. The van der Waals surface area contributed by atoms with Crippen LogP contribution < -0.4 is 10.8 Å². The van der Waals surface area contributed by atoms with Crippen molar-refractivity contribution in [2.24, 2.45) is 0 Å². The first-order valence-electron chi connectivity index (χ1n) is 15.2. The van der Waals surface area contributed by atoms with Crippen LogP contribution in [0.4, 0.5) is 11.4 Å². The van der Waals surface area contributed by atoms with Gasteiger partial charge in [0, 0.05) is 37.0 Å². The molecule has 0 atom stereocenters. The van der Waals surface area contributed by atoms with E-state index in [0.717, 1.165) is 16.8 Å². The van der Waals surface area contributed by atoms with Gasteiger partial charge in [-0.1, -0.05) is 60.6 Å². The molecule has 2 heterocycles. The van der Waals surface area contributed by atoms with E-state index in [0.29, 0.717) is 0 Å². The summed E-state index contributed by atoms with van der Waals surface area (Å²) in [5.41, 5.74) is 7.15. The Morgan fingerprint density at radius 1 is 0.707 bits per heavy atom. The van der Waals surface area contributed by atoms with Gasteiger partial charge in [0.05, 0.1) is 11.2 Å². The van der Waals surface area contributed by atoms with Crippen molar-refractivity contribution >= 4 is 55.5 Å². The Balaban J connectivity index is 1.53. The standard InChI is InChI=1S/C36H46BNO2S/c1-32(2,3)22-12-14-23(15-13-22)38-29-19-25-24-18-26-27(34(6,7)17-16-33(26,4)5)20-30(24)41-31(25)21-28(29)37-39-35(8,9)36(10,11)40-37/h12-15,18-21,38H,16-17H2,1-11H3. The molecule has 0 amide bonds. The van der Waals surface area contributed by atoms with Gasteiger partial charge in [0.15, 0.2) is 0 Å². The Labute approximate surface area is 251 Å². The van der Waals surface area contributed by atoms with E-state index in [1.54, 1.807) is 0 Å². The van der Waals surface area contributed by atoms with Crippen molar-refractivity contribution in [2.45, 2.75) is 116 Å². The Hall–Kier alpha value is -2.34. The zero-order valence-electron chi connectivity index (χ0n) is 26.8. The Kier molecular flexibility index (Phi) is 6.37. The van der Waals surface area contributed by atoms with Gasteiger partial charge in [0.2, 0.25) is 0 Å². The largest absolute Gasteiger partial charge is 0.497 e. The zero-order chi connectivity index (χ0) is 29.8. The second-order valence-corrected chi connectivity index (χ2v) is 16.8. The molecule has 0 bridgehead atoms. The summed E-state index contributed by atoms with van der Waals surface area (Å²) >= 11 is 1.89. The number of hydrogen-bond acceptors (Lipinski definition) is 4. The molecular weight excluding hydrogens is 521 g/mol. The number of fused-ring (bicyclic) bond motifs is 4. The van der Waals surface area contributed by atoms with Crippen molar-refractivity contribution in [1.29, 1.82) is 0 Å². The Morgan fingerprint density at radius 3 is 1.78 bits per heavy atom. The summed E-state index contributed by atoms with van der Waals surface area (Å²) < 4.78 is 15.8. The number of hydrogen-bond donors (Lipinski definition) is 1. The van der Waals surface area contributed by atoms with E-state index in [-0.39, 0.29) is 16.2 Å². The summed E-state index contributed by atoms with van der Waals surface area (Å²) in [5, 5.41) is 6.41. The molecule has 41 heavy (non-hydrogen) atoms. The van der Waals surface area contributed by atoms with Crippen molar-refractivity contribution in [1.82, 2.24) is 0 Å². The second kappa shape index (κ2) is 9.08. The van der Waals surface area contributed by atoms with Crippen LogP contribution in [0.3, 0.4) is 0 Å². The molecule has 216 valence electrons. The summed E-state index contributed by atoms with van der Waals surface area (Å²) in [4.78, 5) is 0. The zero-order valence-corrected chi connectivity index (χ0v) is 27.7. The van der Waals surface area contributed by atoms with Gasteiger partial charge >= 0.3 is 7.12 Å². The predicted molar refractivity (Wildman–Crippen MR) is 179 cm³/mol. The highest BCUT2D eigenvalue weighted by atomic mass is 32.1. The van der Waals surface area contributed by atoms with Crippen LogP contribution in [0, 0.1) is 0 Å². The minimum absolute atomic E-state index is 0.113. The molecule has 0 unspecified atom stereocenters. The average Bonchev–Trinajstić information content (AvgIpc) is 3.32. The van der Waals surface area contributed by atoms with Crippen LogP contribution in [0.1, 0.15) is 106 Å². The molecule has 3 nitrogen and oxygen atoms in total. The van der Waals surface area contributed by atoms with Crippen molar-refractivity contribution in [3.63, 3.8) is 0 Å². The maximum Gasteiger partial charge on any atom is 0.497 e. The predicted octanol–water partition coefficient (Wildman–Crippen LogP) is 9.74. The van der Waals surface area contributed by atoms with Crippen LogP contribution in [0.5, 0.6) is 0 Å². The number of thiophene rings is 1. The van der Waals surface area contributed by atoms with Gasteiger partial charge in [-0.2, -0.15) is 0 Å². The molecule has 1 saturated heterocycles. The van der Waals surface area contributed by atoms with E-state index in [2.05, 4.69) is 130 Å². The molecule has 6 rings (SSSR count). The second-order valence-electron chi connectivity index (χ2n) is 15.7. The highest BCUT2D eigenvalue weighted by molar-refractivity contribution is 7.26. The maximum absolute atomic E-state index is 6.59. The summed E-state index contributed by atoms with van der Waals surface area (Å²) in [7, 11) is -0.447. The number of anilines is 2. The van der Waals surface area contributed by atoms with Gasteiger partial charge in [-0.25, -0.2) is 0 Å². The van der Waals surface area contributed by atoms with E-state index >= 15 is 0 Å². The first-order chi connectivity index (χ1) is 18.9. The SMILES string of the molecule is CC(C)(C)c1ccc(Nc2cc3c(cc2B2OC(C)(C)C(C)(C)O2)sc2cc4c(cc23)C(C)(C)CCC4(C)C)cc1. The highest BCUT2D eigenvalue weighted by Crippen LogP contribution is 2.49. The molecule has 4 aromatic rings. The Bertz CT molecular complexity index is 1640. The summed E-state index contributed by atoms with van der Waals surface area (Å²) in [6.07, 6.45) is 2.43. The van der Waals surface area contributed by atoms with Crippen molar-refractivity contribution in [3.8, 4) is 0 Å². The summed E-state index contributed by atoms with van der Waals surface area (Å²) in [6.45, 7) is 24.9. The van der Waals surface area contributed by atoms with E-state index in [1.165, 1.54) is 49.7 Å². The molecule has 1 aliphatic heterocycles. The maximum atomic E-state index is 6.59. The lowest BCUT2D eigenvalue weighted by Gasteiger charge is -2.41. The van der Waals surface area contributed by atoms with Crippen molar-refractivity contribution in [3.05, 3.63) is 65.2 Å². The molecule has 5 heteroatoms. The Morgan fingerprint density at radius 2 is 1.22 bits per heavy atom. The van der Waals surface area contributed by atoms with Crippen LogP contribution in [-0.2, 0) is 25.6 Å². The smallest absolute Gasteiger partial charge is 0.399 e. The minimum Gasteiger partial charge on any atom is -0.399 e. The normalized spacial score (nSPS) is 20.9. The number of benzene rings is 3. The molecule has 0 spiro atoms. The third-order valence-electron chi connectivity index (χ3n) is 10.2. The number of rotatable bonds is 3. The van der Waals surface area contributed by atoms with E-state index in [9.17, 15) is 0 Å². The lowest BCUT2D eigenvalue weighted by Crippen LogP contribution is -2.41. The van der Waals surface area contributed by atoms with Crippen molar-refractivity contribution < 1.29 is 9.31 Å². The first kappa shape index (κ1) is 28.8.